The zero-order valence-electron chi connectivity index (χ0n) is 10.7. The Morgan fingerprint density at radius 3 is 2.59 bits per heavy atom. The highest BCUT2D eigenvalue weighted by molar-refractivity contribution is 5.71. The molecular weight excluding hydrogens is 216 g/mol. The summed E-state index contributed by atoms with van der Waals surface area (Å²) in [5, 5.41) is 0. The predicted octanol–water partition coefficient (Wildman–Crippen LogP) is 1.28. The zero-order valence-corrected chi connectivity index (χ0v) is 10.7. The van der Waals surface area contributed by atoms with Gasteiger partial charge in [0.1, 0.15) is 0 Å². The van der Waals surface area contributed by atoms with Crippen LogP contribution in [0.2, 0.25) is 0 Å². The van der Waals surface area contributed by atoms with E-state index in [1.807, 2.05) is 0 Å². The summed E-state index contributed by atoms with van der Waals surface area (Å²) in [6.45, 7) is 3.13. The smallest absolute Gasteiger partial charge is 0.320 e. The van der Waals surface area contributed by atoms with Crippen molar-refractivity contribution in [2.24, 2.45) is 5.73 Å². The first-order valence-electron chi connectivity index (χ1n) is 6.87. The average Bonchev–Trinajstić information content (AvgIpc) is 2.53. The molecule has 0 aromatic heterocycles. The van der Waals surface area contributed by atoms with Crippen LogP contribution >= 0.6 is 0 Å². The van der Waals surface area contributed by atoms with Crippen molar-refractivity contribution in [3.8, 4) is 0 Å². The monoisotopic (exact) mass is 240 g/mol. The molecule has 4 nitrogen and oxygen atoms in total. The van der Waals surface area contributed by atoms with Crippen LogP contribution in [-0.2, 0) is 9.53 Å². The van der Waals surface area contributed by atoms with Crippen molar-refractivity contribution in [1.29, 1.82) is 0 Å². The van der Waals surface area contributed by atoms with E-state index in [9.17, 15) is 4.79 Å². The molecule has 2 rings (SSSR count). The summed E-state index contributed by atoms with van der Waals surface area (Å²) in [4.78, 5) is 14.0. The number of carbonyl (C=O) groups excluding carboxylic acids is 1. The fraction of sp³-hybridized carbons (Fsp3) is 0.923. The number of nitrogens with zero attached hydrogens (tertiary/aromatic N) is 1. The van der Waals surface area contributed by atoms with E-state index >= 15 is 0 Å². The molecule has 0 radical (unpaired) electrons. The number of carbonyl (C=O) groups is 1. The SMILES string of the molecule is CCCCOC(=O)CN1C2CCC1CC(N)C2. The molecule has 2 aliphatic rings. The molecule has 98 valence electrons. The number of hydrogen-bond donors (Lipinski definition) is 1. The minimum absolute atomic E-state index is 0.0641. The van der Waals surface area contributed by atoms with Gasteiger partial charge in [-0.05, 0) is 32.1 Å². The van der Waals surface area contributed by atoms with Gasteiger partial charge in [-0.3, -0.25) is 9.69 Å². The Balaban J connectivity index is 1.77. The summed E-state index contributed by atoms with van der Waals surface area (Å²) in [7, 11) is 0. The molecule has 17 heavy (non-hydrogen) atoms. The van der Waals surface area contributed by atoms with E-state index in [1.54, 1.807) is 0 Å². The molecule has 2 bridgehead atoms. The van der Waals surface area contributed by atoms with E-state index in [4.69, 9.17) is 10.5 Å². The van der Waals surface area contributed by atoms with Crippen LogP contribution in [0.15, 0.2) is 0 Å². The van der Waals surface area contributed by atoms with Crippen molar-refractivity contribution in [3.05, 3.63) is 0 Å². The van der Waals surface area contributed by atoms with Crippen LogP contribution in [0.4, 0.5) is 0 Å². The Hall–Kier alpha value is -0.610. The molecule has 0 amide bonds. The van der Waals surface area contributed by atoms with Gasteiger partial charge < -0.3 is 10.5 Å². The fourth-order valence-corrected chi connectivity index (χ4v) is 3.10. The third-order valence-corrected chi connectivity index (χ3v) is 3.99. The number of piperidine rings is 1. The van der Waals surface area contributed by atoms with E-state index in [0.717, 1.165) is 25.7 Å². The number of nitrogens with two attached hydrogens (primary N) is 1. The van der Waals surface area contributed by atoms with E-state index in [1.165, 1.54) is 12.8 Å². The lowest BCUT2D eigenvalue weighted by atomic mass is 9.98. The third-order valence-electron chi connectivity index (χ3n) is 3.99. The minimum Gasteiger partial charge on any atom is -0.465 e. The molecule has 2 fully saturated rings. The van der Waals surface area contributed by atoms with Crippen molar-refractivity contribution in [2.75, 3.05) is 13.2 Å². The standard InChI is InChI=1S/C13H24N2O2/c1-2-3-6-17-13(16)9-15-11-4-5-12(15)8-10(14)7-11/h10-12H,2-9,14H2,1H3. The molecule has 0 saturated carbocycles. The first-order chi connectivity index (χ1) is 8.20. The first-order valence-corrected chi connectivity index (χ1v) is 6.87. The lowest BCUT2D eigenvalue weighted by molar-refractivity contribution is -0.146. The Bertz CT molecular complexity index is 256. The fourth-order valence-electron chi connectivity index (χ4n) is 3.10. The molecule has 2 heterocycles. The molecule has 2 aliphatic heterocycles. The van der Waals surface area contributed by atoms with Crippen LogP contribution in [0.5, 0.6) is 0 Å². The van der Waals surface area contributed by atoms with E-state index < -0.39 is 0 Å². The summed E-state index contributed by atoms with van der Waals surface area (Å²) in [5.41, 5.74) is 6.00. The maximum atomic E-state index is 11.7. The van der Waals surface area contributed by atoms with Crippen molar-refractivity contribution >= 4 is 5.97 Å². The largest absolute Gasteiger partial charge is 0.465 e. The molecule has 2 saturated heterocycles. The van der Waals surface area contributed by atoms with E-state index in [-0.39, 0.29) is 5.97 Å². The summed E-state index contributed by atoms with van der Waals surface area (Å²) >= 11 is 0. The second-order valence-electron chi connectivity index (χ2n) is 5.36. The van der Waals surface area contributed by atoms with Crippen molar-refractivity contribution < 1.29 is 9.53 Å². The predicted molar refractivity (Wildman–Crippen MR) is 66.6 cm³/mol. The van der Waals surface area contributed by atoms with Crippen LogP contribution in [-0.4, -0.2) is 42.1 Å². The number of rotatable bonds is 5. The molecule has 0 aliphatic carbocycles. The van der Waals surface area contributed by atoms with E-state index in [0.29, 0.717) is 31.3 Å². The summed E-state index contributed by atoms with van der Waals surface area (Å²) in [6, 6.07) is 1.37. The molecule has 4 heteroatoms. The average molecular weight is 240 g/mol. The molecule has 2 unspecified atom stereocenters. The normalized spacial score (nSPS) is 32.7. The highest BCUT2D eigenvalue weighted by Crippen LogP contribution is 2.34. The second kappa shape index (κ2) is 5.83. The number of fused-ring (bicyclic) bond motifs is 2. The van der Waals surface area contributed by atoms with Gasteiger partial charge in [-0.15, -0.1) is 0 Å². The first kappa shape index (κ1) is 12.8. The molecule has 2 N–H and O–H groups in total. The maximum Gasteiger partial charge on any atom is 0.320 e. The zero-order chi connectivity index (χ0) is 12.3. The van der Waals surface area contributed by atoms with Gasteiger partial charge in [0.15, 0.2) is 0 Å². The van der Waals surface area contributed by atoms with Gasteiger partial charge in [-0.2, -0.15) is 0 Å². The third kappa shape index (κ3) is 3.19. The van der Waals surface area contributed by atoms with Gasteiger partial charge in [-0.25, -0.2) is 0 Å². The van der Waals surface area contributed by atoms with E-state index in [2.05, 4.69) is 11.8 Å². The summed E-state index contributed by atoms with van der Waals surface area (Å²) in [6.07, 6.45) is 6.50. The highest BCUT2D eigenvalue weighted by Gasteiger charge is 2.40. The van der Waals surface area contributed by atoms with Crippen LogP contribution < -0.4 is 5.73 Å². The van der Waals surface area contributed by atoms with Crippen LogP contribution in [0.3, 0.4) is 0 Å². The Morgan fingerprint density at radius 2 is 2.00 bits per heavy atom. The van der Waals surface area contributed by atoms with Gasteiger partial charge in [0.2, 0.25) is 0 Å². The number of unbranched alkanes of at least 4 members (excludes halogenated alkanes) is 1. The van der Waals surface area contributed by atoms with Gasteiger partial charge in [0.05, 0.1) is 13.2 Å². The summed E-state index contributed by atoms with van der Waals surface area (Å²) < 4.78 is 5.22. The van der Waals surface area contributed by atoms with Crippen LogP contribution in [0.25, 0.3) is 0 Å². The van der Waals surface area contributed by atoms with Crippen LogP contribution in [0, 0.1) is 0 Å². The van der Waals surface area contributed by atoms with Crippen molar-refractivity contribution in [1.82, 2.24) is 4.90 Å². The summed E-state index contributed by atoms with van der Waals surface area (Å²) in [5.74, 6) is -0.0641. The van der Waals surface area contributed by atoms with Crippen molar-refractivity contribution in [3.63, 3.8) is 0 Å². The maximum absolute atomic E-state index is 11.7. The van der Waals surface area contributed by atoms with Gasteiger partial charge in [0, 0.05) is 18.1 Å². The van der Waals surface area contributed by atoms with Gasteiger partial charge in [-0.1, -0.05) is 13.3 Å². The molecule has 2 atom stereocenters. The van der Waals surface area contributed by atoms with Gasteiger partial charge >= 0.3 is 5.97 Å². The van der Waals surface area contributed by atoms with Crippen molar-refractivity contribution in [2.45, 2.75) is 63.6 Å². The highest BCUT2D eigenvalue weighted by atomic mass is 16.5. The van der Waals surface area contributed by atoms with Crippen LogP contribution in [0.1, 0.15) is 45.4 Å². The lowest BCUT2D eigenvalue weighted by Crippen LogP contribution is -2.49. The molecule has 0 aromatic rings. The lowest BCUT2D eigenvalue weighted by Gasteiger charge is -2.36. The Kier molecular flexibility index (Phi) is 4.40. The Morgan fingerprint density at radius 1 is 1.35 bits per heavy atom. The minimum atomic E-state index is -0.0641. The molecule has 0 aromatic carbocycles. The number of esters is 1. The Labute approximate surface area is 103 Å². The molecule has 0 spiro atoms. The number of ether oxygens (including phenoxy) is 1. The topological polar surface area (TPSA) is 55.6 Å². The van der Waals surface area contributed by atoms with Gasteiger partial charge in [0.25, 0.3) is 0 Å². The second-order valence-corrected chi connectivity index (χ2v) is 5.36. The molecular formula is C13H24N2O2. The number of hydrogen-bond acceptors (Lipinski definition) is 4. The quantitative estimate of drug-likeness (QED) is 0.581.